The first-order chi connectivity index (χ1) is 15.0. The number of aromatic nitrogens is 1. The summed E-state index contributed by atoms with van der Waals surface area (Å²) in [7, 11) is 1.30. The zero-order valence-corrected chi connectivity index (χ0v) is 20.2. The van der Waals surface area contributed by atoms with Crippen LogP contribution < -0.4 is 10.6 Å². The summed E-state index contributed by atoms with van der Waals surface area (Å²) in [6, 6.07) is 0. The molecule has 0 saturated carbocycles. The van der Waals surface area contributed by atoms with Gasteiger partial charge in [-0.05, 0) is 23.3 Å². The zero-order chi connectivity index (χ0) is 23.5. The third kappa shape index (κ3) is 5.67. The minimum absolute atomic E-state index is 0.0964. The van der Waals surface area contributed by atoms with Crippen molar-refractivity contribution < 1.29 is 28.1 Å². The Morgan fingerprint density at radius 2 is 1.84 bits per heavy atom. The highest BCUT2D eigenvalue weighted by atomic mass is 35.5. The van der Waals surface area contributed by atoms with Crippen LogP contribution in [0.15, 0.2) is 16.2 Å². The van der Waals surface area contributed by atoms with E-state index in [0.717, 1.165) is 18.4 Å². The summed E-state index contributed by atoms with van der Waals surface area (Å²) in [5.41, 5.74) is 1.39. The standard InChI is InChI=1S/C21H27ClN4O5S/c1-13-12-32-18(20(29)30-4)17(13)23-15(27)9-26(7-5-21(2,3)6-8-26)10-16(28)24-19-14(22)11-31-25-19/h11-12H,5-10H2,1-4H3,(H-,23,24,25,27,28,29)/p+1. The topological polar surface area (TPSA) is 111 Å². The molecule has 9 nitrogen and oxygen atoms in total. The molecule has 174 valence electrons. The number of aryl methyl sites for hydroxylation is 1. The molecule has 0 bridgehead atoms. The molecule has 32 heavy (non-hydrogen) atoms. The molecule has 2 aromatic rings. The molecule has 1 fully saturated rings. The Bertz CT molecular complexity index is 1010. The molecule has 2 aromatic heterocycles. The van der Waals surface area contributed by atoms with Gasteiger partial charge in [0, 0.05) is 12.8 Å². The fraction of sp³-hybridized carbons (Fsp3) is 0.524. The first kappa shape index (κ1) is 24.2. The van der Waals surface area contributed by atoms with Gasteiger partial charge >= 0.3 is 5.97 Å². The average molecular weight is 484 g/mol. The Hall–Kier alpha value is -2.43. The Morgan fingerprint density at radius 3 is 2.41 bits per heavy atom. The molecule has 3 heterocycles. The first-order valence-corrected chi connectivity index (χ1v) is 11.5. The van der Waals surface area contributed by atoms with E-state index in [1.54, 1.807) is 5.38 Å². The van der Waals surface area contributed by atoms with Crippen LogP contribution in [0.4, 0.5) is 11.5 Å². The van der Waals surface area contributed by atoms with Crippen molar-refractivity contribution in [3.8, 4) is 0 Å². The van der Waals surface area contributed by atoms with E-state index >= 15 is 0 Å². The Morgan fingerprint density at radius 1 is 1.22 bits per heavy atom. The molecule has 1 aliphatic rings. The molecule has 0 radical (unpaired) electrons. The number of nitrogens with zero attached hydrogens (tertiary/aromatic N) is 2. The molecule has 2 amide bonds. The number of amides is 2. The van der Waals surface area contributed by atoms with Gasteiger partial charge < -0.3 is 24.4 Å². The lowest BCUT2D eigenvalue weighted by Crippen LogP contribution is -2.60. The molecule has 0 aliphatic carbocycles. The van der Waals surface area contributed by atoms with Crippen LogP contribution in [0.25, 0.3) is 0 Å². The van der Waals surface area contributed by atoms with Crippen LogP contribution in [0.5, 0.6) is 0 Å². The number of hydrogen-bond acceptors (Lipinski definition) is 7. The summed E-state index contributed by atoms with van der Waals surface area (Å²) in [4.78, 5) is 38.2. The van der Waals surface area contributed by atoms with E-state index in [9.17, 15) is 14.4 Å². The van der Waals surface area contributed by atoms with Crippen LogP contribution in [-0.2, 0) is 14.3 Å². The third-order valence-corrected chi connectivity index (χ3v) is 7.22. The number of methoxy groups -OCH3 is 1. The van der Waals surface area contributed by atoms with E-state index in [-0.39, 0.29) is 41.2 Å². The number of esters is 1. The van der Waals surface area contributed by atoms with E-state index in [1.807, 2.05) is 6.92 Å². The van der Waals surface area contributed by atoms with Crippen molar-refractivity contribution in [1.82, 2.24) is 5.16 Å². The number of rotatable bonds is 7. The van der Waals surface area contributed by atoms with Crippen molar-refractivity contribution in [2.45, 2.75) is 33.6 Å². The van der Waals surface area contributed by atoms with E-state index in [0.29, 0.717) is 28.1 Å². The molecule has 2 N–H and O–H groups in total. The second-order valence-corrected chi connectivity index (χ2v) is 10.3. The van der Waals surface area contributed by atoms with Crippen molar-refractivity contribution in [1.29, 1.82) is 0 Å². The number of thiophene rings is 1. The number of hydrogen-bond donors (Lipinski definition) is 2. The maximum atomic E-state index is 13.1. The number of ether oxygens (including phenoxy) is 1. The number of piperidine rings is 1. The zero-order valence-electron chi connectivity index (χ0n) is 18.6. The quantitative estimate of drug-likeness (QED) is 0.459. The highest BCUT2D eigenvalue weighted by Crippen LogP contribution is 2.34. The summed E-state index contributed by atoms with van der Waals surface area (Å²) in [5, 5.41) is 11.2. The minimum Gasteiger partial charge on any atom is -0.465 e. The lowest BCUT2D eigenvalue weighted by atomic mass is 9.81. The predicted molar refractivity (Wildman–Crippen MR) is 122 cm³/mol. The van der Waals surface area contributed by atoms with Gasteiger partial charge in [0.2, 0.25) is 0 Å². The van der Waals surface area contributed by atoms with Gasteiger partial charge in [0.15, 0.2) is 18.9 Å². The third-order valence-electron chi connectivity index (χ3n) is 5.88. The van der Waals surface area contributed by atoms with Crippen LogP contribution in [0.1, 0.15) is 41.9 Å². The molecule has 0 atom stereocenters. The lowest BCUT2D eigenvalue weighted by Gasteiger charge is -2.45. The maximum Gasteiger partial charge on any atom is 0.350 e. The van der Waals surface area contributed by atoms with Gasteiger partial charge in [-0.15, -0.1) is 11.3 Å². The van der Waals surface area contributed by atoms with Crippen molar-refractivity contribution in [2.75, 3.05) is 43.9 Å². The van der Waals surface area contributed by atoms with E-state index in [4.69, 9.17) is 20.9 Å². The second-order valence-electron chi connectivity index (χ2n) is 8.99. The number of carbonyl (C=O) groups excluding carboxylic acids is 3. The van der Waals surface area contributed by atoms with Crippen molar-refractivity contribution in [3.63, 3.8) is 0 Å². The SMILES string of the molecule is COC(=O)c1scc(C)c1NC(=O)C[N+]1(CC(=O)Nc2nocc2Cl)CCC(C)(C)CC1. The van der Waals surface area contributed by atoms with Gasteiger partial charge in [0.05, 0.1) is 25.9 Å². The fourth-order valence-electron chi connectivity index (χ4n) is 3.80. The van der Waals surface area contributed by atoms with Crippen molar-refractivity contribution in [2.24, 2.45) is 5.41 Å². The summed E-state index contributed by atoms with van der Waals surface area (Å²) >= 11 is 7.18. The Balaban J connectivity index is 1.75. The Kier molecular flexibility index (Phi) is 7.26. The summed E-state index contributed by atoms with van der Waals surface area (Å²) < 4.78 is 9.87. The molecular weight excluding hydrogens is 456 g/mol. The summed E-state index contributed by atoms with van der Waals surface area (Å²) in [6.07, 6.45) is 2.99. The van der Waals surface area contributed by atoms with Gasteiger partial charge in [0.25, 0.3) is 11.8 Å². The Labute approximate surface area is 195 Å². The van der Waals surface area contributed by atoms with Gasteiger partial charge in [-0.25, -0.2) is 4.79 Å². The monoisotopic (exact) mass is 483 g/mol. The number of anilines is 2. The van der Waals surface area contributed by atoms with Gasteiger partial charge in [-0.3, -0.25) is 9.59 Å². The lowest BCUT2D eigenvalue weighted by molar-refractivity contribution is -0.919. The second kappa shape index (κ2) is 9.60. The van der Waals surface area contributed by atoms with Crippen LogP contribution >= 0.6 is 22.9 Å². The molecule has 11 heteroatoms. The number of quaternary nitrogens is 1. The maximum absolute atomic E-state index is 13.1. The molecule has 1 aliphatic heterocycles. The highest BCUT2D eigenvalue weighted by Gasteiger charge is 2.41. The number of carbonyl (C=O) groups is 3. The summed E-state index contributed by atoms with van der Waals surface area (Å²) in [5.74, 6) is -0.891. The molecular formula is C21H28ClN4O5S+. The molecule has 3 rings (SSSR count). The van der Waals surface area contributed by atoms with Crippen LogP contribution in [0.2, 0.25) is 5.02 Å². The molecule has 1 saturated heterocycles. The number of likely N-dealkylation sites (tertiary alicyclic amines) is 1. The molecule has 0 unspecified atom stereocenters. The molecule has 0 spiro atoms. The summed E-state index contributed by atoms with van der Waals surface area (Å²) in [6.45, 7) is 7.74. The van der Waals surface area contributed by atoms with Gasteiger partial charge in [-0.2, -0.15) is 0 Å². The molecule has 0 aromatic carbocycles. The number of halogens is 1. The minimum atomic E-state index is -0.495. The van der Waals surface area contributed by atoms with E-state index in [1.165, 1.54) is 24.7 Å². The van der Waals surface area contributed by atoms with Crippen molar-refractivity contribution >= 4 is 52.2 Å². The fourth-order valence-corrected chi connectivity index (χ4v) is 4.84. The normalized spacial score (nSPS) is 16.9. The largest absolute Gasteiger partial charge is 0.465 e. The van der Waals surface area contributed by atoms with Crippen LogP contribution in [0.3, 0.4) is 0 Å². The predicted octanol–water partition coefficient (Wildman–Crippen LogP) is 3.70. The average Bonchev–Trinajstić information content (AvgIpc) is 3.29. The van der Waals surface area contributed by atoms with E-state index < -0.39 is 5.97 Å². The van der Waals surface area contributed by atoms with E-state index in [2.05, 4.69) is 29.6 Å². The smallest absolute Gasteiger partial charge is 0.350 e. The van der Waals surface area contributed by atoms with Gasteiger partial charge in [0.1, 0.15) is 16.2 Å². The highest BCUT2D eigenvalue weighted by molar-refractivity contribution is 7.12. The van der Waals surface area contributed by atoms with Gasteiger partial charge in [-0.1, -0.05) is 30.6 Å². The van der Waals surface area contributed by atoms with Crippen LogP contribution in [0, 0.1) is 12.3 Å². The number of nitrogens with one attached hydrogen (secondary N) is 2. The first-order valence-electron chi connectivity index (χ1n) is 10.3. The van der Waals surface area contributed by atoms with Crippen LogP contribution in [-0.4, -0.2) is 60.7 Å². The van der Waals surface area contributed by atoms with Crippen molar-refractivity contribution in [3.05, 3.63) is 27.1 Å².